The van der Waals surface area contributed by atoms with Crippen molar-refractivity contribution in [1.82, 2.24) is 19.9 Å². The Hall–Kier alpha value is -2.21. The molecule has 0 saturated carbocycles. The Labute approximate surface area is 108 Å². The Morgan fingerprint density at radius 2 is 1.89 bits per heavy atom. The van der Waals surface area contributed by atoms with E-state index in [-0.39, 0.29) is 0 Å². The molecule has 2 N–H and O–H groups in total. The van der Waals surface area contributed by atoms with Gasteiger partial charge in [-0.05, 0) is 23.9 Å². The van der Waals surface area contributed by atoms with E-state index < -0.39 is 0 Å². The van der Waals surface area contributed by atoms with Crippen molar-refractivity contribution in [3.8, 4) is 0 Å². The quantitative estimate of drug-likeness (QED) is 0.558. The fourth-order valence-electron chi connectivity index (χ4n) is 1.55. The van der Waals surface area contributed by atoms with Crippen LogP contribution in [0, 0.1) is 0 Å². The van der Waals surface area contributed by atoms with Gasteiger partial charge in [-0.2, -0.15) is 0 Å². The number of nitrogen functional groups attached to an aromatic ring is 1. The Balaban J connectivity index is 2.05. The molecule has 18 heavy (non-hydrogen) atoms. The van der Waals surface area contributed by atoms with Crippen LogP contribution < -0.4 is 5.73 Å². The van der Waals surface area contributed by atoms with E-state index in [0.29, 0.717) is 11.0 Å². The first-order valence-electron chi connectivity index (χ1n) is 5.29. The highest BCUT2D eigenvalue weighted by Gasteiger charge is 2.07. The van der Waals surface area contributed by atoms with E-state index in [1.165, 1.54) is 18.1 Å². The van der Waals surface area contributed by atoms with Gasteiger partial charge >= 0.3 is 0 Å². The number of nitrogens with two attached hydrogens (primary N) is 1. The van der Waals surface area contributed by atoms with Crippen LogP contribution in [0.4, 0.5) is 5.82 Å². The number of hydrogen-bond donors (Lipinski definition) is 1. The van der Waals surface area contributed by atoms with Crippen LogP contribution in [0.2, 0.25) is 0 Å². The Morgan fingerprint density at radius 3 is 2.78 bits per heavy atom. The van der Waals surface area contributed by atoms with Crippen LogP contribution in [0.3, 0.4) is 0 Å². The van der Waals surface area contributed by atoms with Crippen LogP contribution >= 0.6 is 11.8 Å². The van der Waals surface area contributed by atoms with Crippen LogP contribution in [0.5, 0.6) is 0 Å². The van der Waals surface area contributed by atoms with Gasteiger partial charge in [0.25, 0.3) is 0 Å². The zero-order valence-electron chi connectivity index (χ0n) is 9.32. The Kier molecular flexibility index (Phi) is 2.77. The van der Waals surface area contributed by atoms with Gasteiger partial charge in [0.2, 0.25) is 0 Å². The normalized spacial score (nSPS) is 10.7. The van der Waals surface area contributed by atoms with E-state index in [1.807, 2.05) is 24.3 Å². The molecule has 5 nitrogen and oxygen atoms in total. The summed E-state index contributed by atoms with van der Waals surface area (Å²) in [6.07, 6.45) is 3.17. The number of hydrogen-bond acceptors (Lipinski definition) is 6. The number of rotatable bonds is 2. The first-order valence-corrected chi connectivity index (χ1v) is 6.11. The maximum atomic E-state index is 5.63. The highest BCUT2D eigenvalue weighted by Crippen LogP contribution is 2.28. The van der Waals surface area contributed by atoms with E-state index in [4.69, 9.17) is 5.73 Å². The first-order chi connectivity index (χ1) is 8.83. The minimum Gasteiger partial charge on any atom is -0.384 e. The standard InChI is InChI=1S/C12H9N5S/c13-10-5-6-14-12(17-10)18-11-8-3-1-2-4-9(8)15-7-16-11/h1-7H,(H2,13,14,17). The second kappa shape index (κ2) is 4.58. The van der Waals surface area contributed by atoms with Gasteiger partial charge in [-0.15, -0.1) is 0 Å². The number of para-hydroxylation sites is 1. The molecule has 0 unspecified atom stereocenters. The highest BCUT2D eigenvalue weighted by atomic mass is 32.2. The lowest BCUT2D eigenvalue weighted by atomic mass is 10.2. The van der Waals surface area contributed by atoms with Crippen LogP contribution in [-0.4, -0.2) is 19.9 Å². The van der Waals surface area contributed by atoms with E-state index in [1.54, 1.807) is 12.3 Å². The summed E-state index contributed by atoms with van der Waals surface area (Å²) in [6, 6.07) is 9.48. The molecule has 0 amide bonds. The average molecular weight is 255 g/mol. The summed E-state index contributed by atoms with van der Waals surface area (Å²) in [7, 11) is 0. The predicted octanol–water partition coefficient (Wildman–Crippen LogP) is 2.15. The molecule has 0 aliphatic rings. The molecule has 0 fully saturated rings. The Bertz CT molecular complexity index is 695. The van der Waals surface area contributed by atoms with E-state index in [9.17, 15) is 0 Å². The third-order valence-corrected chi connectivity index (χ3v) is 3.25. The van der Waals surface area contributed by atoms with Gasteiger partial charge < -0.3 is 5.73 Å². The SMILES string of the molecule is Nc1ccnc(Sc2ncnc3ccccc23)n1. The highest BCUT2D eigenvalue weighted by molar-refractivity contribution is 7.99. The second-order valence-corrected chi connectivity index (χ2v) is 4.52. The average Bonchev–Trinajstić information content (AvgIpc) is 2.39. The molecular weight excluding hydrogens is 246 g/mol. The topological polar surface area (TPSA) is 77.6 Å². The molecule has 6 heteroatoms. The second-order valence-electron chi connectivity index (χ2n) is 3.56. The van der Waals surface area contributed by atoms with Crippen molar-refractivity contribution in [1.29, 1.82) is 0 Å². The van der Waals surface area contributed by atoms with E-state index in [2.05, 4.69) is 19.9 Å². The van der Waals surface area contributed by atoms with E-state index in [0.717, 1.165) is 15.9 Å². The van der Waals surface area contributed by atoms with Crippen molar-refractivity contribution in [2.45, 2.75) is 10.2 Å². The lowest BCUT2D eigenvalue weighted by Crippen LogP contribution is -1.94. The van der Waals surface area contributed by atoms with Crippen LogP contribution in [0.15, 0.2) is 53.0 Å². The molecule has 0 aliphatic heterocycles. The molecule has 0 spiro atoms. The zero-order valence-corrected chi connectivity index (χ0v) is 10.1. The van der Waals surface area contributed by atoms with Gasteiger partial charge in [-0.25, -0.2) is 19.9 Å². The lowest BCUT2D eigenvalue weighted by molar-refractivity contribution is 0.969. The van der Waals surface area contributed by atoms with Crippen LogP contribution in [0.1, 0.15) is 0 Å². The first kappa shape index (κ1) is 10.9. The molecule has 0 radical (unpaired) electrons. The third kappa shape index (κ3) is 2.10. The molecule has 3 rings (SSSR count). The number of fused-ring (bicyclic) bond motifs is 1. The van der Waals surface area contributed by atoms with Gasteiger partial charge in [0.05, 0.1) is 5.52 Å². The zero-order chi connectivity index (χ0) is 12.4. The molecule has 2 aromatic heterocycles. The number of benzene rings is 1. The van der Waals surface area contributed by atoms with Gasteiger partial charge in [0.1, 0.15) is 17.2 Å². The minimum atomic E-state index is 0.450. The maximum Gasteiger partial charge on any atom is 0.195 e. The van der Waals surface area contributed by atoms with Crippen LogP contribution in [0.25, 0.3) is 10.9 Å². The molecule has 0 aliphatic carbocycles. The van der Waals surface area contributed by atoms with Crippen LogP contribution in [-0.2, 0) is 0 Å². The van der Waals surface area contributed by atoms with Crippen molar-refractivity contribution < 1.29 is 0 Å². The van der Waals surface area contributed by atoms with Crippen molar-refractivity contribution in [3.63, 3.8) is 0 Å². The summed E-state index contributed by atoms with van der Waals surface area (Å²) in [4.78, 5) is 16.8. The largest absolute Gasteiger partial charge is 0.384 e. The fraction of sp³-hybridized carbons (Fsp3) is 0. The summed E-state index contributed by atoms with van der Waals surface area (Å²) < 4.78 is 0. The summed E-state index contributed by atoms with van der Waals surface area (Å²) in [5.74, 6) is 0.450. The number of anilines is 1. The van der Waals surface area contributed by atoms with Crippen molar-refractivity contribution >= 4 is 28.5 Å². The van der Waals surface area contributed by atoms with Gasteiger partial charge in [-0.3, -0.25) is 0 Å². The number of nitrogens with zero attached hydrogens (tertiary/aromatic N) is 4. The smallest absolute Gasteiger partial charge is 0.195 e. The maximum absolute atomic E-state index is 5.63. The summed E-state index contributed by atoms with van der Waals surface area (Å²) >= 11 is 1.38. The summed E-state index contributed by atoms with van der Waals surface area (Å²) in [5, 5.41) is 2.39. The van der Waals surface area contributed by atoms with Gasteiger partial charge in [0.15, 0.2) is 5.16 Å². The lowest BCUT2D eigenvalue weighted by Gasteiger charge is -2.03. The molecule has 88 valence electrons. The van der Waals surface area contributed by atoms with Crippen molar-refractivity contribution in [3.05, 3.63) is 42.9 Å². The summed E-state index contributed by atoms with van der Waals surface area (Å²) in [5.41, 5.74) is 6.53. The third-order valence-electron chi connectivity index (χ3n) is 2.35. The van der Waals surface area contributed by atoms with E-state index >= 15 is 0 Å². The molecule has 2 heterocycles. The molecular formula is C12H9N5S. The fourth-order valence-corrected chi connectivity index (χ4v) is 2.37. The summed E-state index contributed by atoms with van der Waals surface area (Å²) in [6.45, 7) is 0. The van der Waals surface area contributed by atoms with Gasteiger partial charge in [-0.1, -0.05) is 18.2 Å². The number of aromatic nitrogens is 4. The molecule has 0 saturated heterocycles. The molecule has 0 bridgehead atoms. The van der Waals surface area contributed by atoms with Crippen molar-refractivity contribution in [2.75, 3.05) is 5.73 Å². The Morgan fingerprint density at radius 1 is 1.00 bits per heavy atom. The monoisotopic (exact) mass is 255 g/mol. The minimum absolute atomic E-state index is 0.450. The molecule has 0 atom stereocenters. The van der Waals surface area contributed by atoms with Gasteiger partial charge in [0, 0.05) is 11.6 Å². The molecule has 3 aromatic rings. The van der Waals surface area contributed by atoms with Crippen molar-refractivity contribution in [2.24, 2.45) is 0 Å². The predicted molar refractivity (Wildman–Crippen MR) is 70.1 cm³/mol. The molecule has 1 aromatic carbocycles.